The van der Waals surface area contributed by atoms with E-state index >= 15 is 0 Å². The number of hydrogen-bond acceptors (Lipinski definition) is 5. The van der Waals surface area contributed by atoms with Crippen LogP contribution in [0.1, 0.15) is 15.9 Å². The molecular weight excluding hydrogens is 294 g/mol. The fraction of sp³-hybridized carbons (Fsp3) is 0.412. The molecule has 1 amide bonds. The second-order valence-corrected chi connectivity index (χ2v) is 5.64. The summed E-state index contributed by atoms with van der Waals surface area (Å²) in [7, 11) is 0. The fourth-order valence-corrected chi connectivity index (χ4v) is 2.56. The van der Waals surface area contributed by atoms with Crippen LogP contribution in [0.15, 0.2) is 35.0 Å². The van der Waals surface area contributed by atoms with Crippen molar-refractivity contribution in [1.29, 1.82) is 0 Å². The molecule has 0 unspecified atom stereocenters. The van der Waals surface area contributed by atoms with E-state index in [-0.39, 0.29) is 5.91 Å². The number of hydrogen-bond donors (Lipinski definition) is 1. The third-order valence-corrected chi connectivity index (χ3v) is 3.95. The number of ether oxygens (including phenoxy) is 1. The molecule has 1 aliphatic rings. The number of carbonyl (C=O) groups is 1. The Kier molecular flexibility index (Phi) is 5.05. The quantitative estimate of drug-likeness (QED) is 0.910. The van der Waals surface area contributed by atoms with Crippen molar-refractivity contribution >= 4 is 5.91 Å². The highest BCUT2D eigenvalue weighted by atomic mass is 16.5. The molecule has 0 saturated carbocycles. The van der Waals surface area contributed by atoms with Gasteiger partial charge in [-0.25, -0.2) is 0 Å². The highest BCUT2D eigenvalue weighted by molar-refractivity contribution is 5.99. The van der Waals surface area contributed by atoms with Gasteiger partial charge in [-0.3, -0.25) is 9.69 Å². The maximum atomic E-state index is 12.4. The SMILES string of the molecule is Cc1ccc(-c2oncc2C(=O)NCCN2CCOCC2)cc1. The van der Waals surface area contributed by atoms with Crippen molar-refractivity contribution in [2.24, 2.45) is 0 Å². The third-order valence-electron chi connectivity index (χ3n) is 3.95. The van der Waals surface area contributed by atoms with Gasteiger partial charge in [0, 0.05) is 31.7 Å². The Balaban J connectivity index is 1.59. The first kappa shape index (κ1) is 15.7. The first-order chi connectivity index (χ1) is 11.2. The molecule has 6 heteroatoms. The zero-order valence-electron chi connectivity index (χ0n) is 13.2. The van der Waals surface area contributed by atoms with E-state index in [1.165, 1.54) is 6.20 Å². The number of aryl methyl sites for hydroxylation is 1. The maximum Gasteiger partial charge on any atom is 0.256 e. The molecule has 1 saturated heterocycles. The van der Waals surface area contributed by atoms with E-state index in [2.05, 4.69) is 15.4 Å². The molecule has 0 atom stereocenters. The molecule has 122 valence electrons. The Morgan fingerprint density at radius 2 is 2.00 bits per heavy atom. The highest BCUT2D eigenvalue weighted by Crippen LogP contribution is 2.23. The van der Waals surface area contributed by atoms with Crippen molar-refractivity contribution in [3.05, 3.63) is 41.6 Å². The van der Waals surface area contributed by atoms with Crippen molar-refractivity contribution in [3.8, 4) is 11.3 Å². The minimum atomic E-state index is -0.157. The number of aromatic nitrogens is 1. The Morgan fingerprint density at radius 3 is 2.74 bits per heavy atom. The maximum absolute atomic E-state index is 12.4. The molecule has 2 heterocycles. The molecule has 1 fully saturated rings. The molecule has 23 heavy (non-hydrogen) atoms. The van der Waals surface area contributed by atoms with Crippen LogP contribution in [0.2, 0.25) is 0 Å². The molecule has 1 aliphatic heterocycles. The number of rotatable bonds is 5. The van der Waals surface area contributed by atoms with Crippen LogP contribution in [0, 0.1) is 6.92 Å². The molecule has 1 N–H and O–H groups in total. The molecule has 2 aromatic rings. The normalized spacial score (nSPS) is 15.5. The predicted octanol–water partition coefficient (Wildman–Crippen LogP) is 1.71. The summed E-state index contributed by atoms with van der Waals surface area (Å²) in [6, 6.07) is 7.83. The molecule has 1 aromatic heterocycles. The first-order valence-corrected chi connectivity index (χ1v) is 7.84. The van der Waals surface area contributed by atoms with E-state index in [0.717, 1.165) is 44.0 Å². The lowest BCUT2D eigenvalue weighted by Crippen LogP contribution is -2.41. The highest BCUT2D eigenvalue weighted by Gasteiger charge is 2.18. The second-order valence-electron chi connectivity index (χ2n) is 5.64. The minimum Gasteiger partial charge on any atom is -0.379 e. The summed E-state index contributed by atoms with van der Waals surface area (Å²) in [6.07, 6.45) is 1.47. The second kappa shape index (κ2) is 7.39. The van der Waals surface area contributed by atoms with Gasteiger partial charge in [-0.15, -0.1) is 0 Å². The third kappa shape index (κ3) is 3.97. The van der Waals surface area contributed by atoms with Crippen molar-refractivity contribution in [2.45, 2.75) is 6.92 Å². The summed E-state index contributed by atoms with van der Waals surface area (Å²) in [6.45, 7) is 6.78. The predicted molar refractivity (Wildman–Crippen MR) is 86.3 cm³/mol. The van der Waals surface area contributed by atoms with Gasteiger partial charge in [-0.1, -0.05) is 35.0 Å². The van der Waals surface area contributed by atoms with E-state index in [1.807, 2.05) is 31.2 Å². The van der Waals surface area contributed by atoms with E-state index < -0.39 is 0 Å². The van der Waals surface area contributed by atoms with Crippen molar-refractivity contribution in [2.75, 3.05) is 39.4 Å². The van der Waals surface area contributed by atoms with Gasteiger partial charge in [-0.05, 0) is 6.92 Å². The van der Waals surface area contributed by atoms with E-state index in [4.69, 9.17) is 9.26 Å². The molecule has 0 aliphatic carbocycles. The Hall–Kier alpha value is -2.18. The first-order valence-electron chi connectivity index (χ1n) is 7.84. The van der Waals surface area contributed by atoms with Crippen LogP contribution in [0.4, 0.5) is 0 Å². The Bertz CT molecular complexity index is 645. The van der Waals surface area contributed by atoms with Gasteiger partial charge < -0.3 is 14.6 Å². The Labute approximate surface area is 135 Å². The lowest BCUT2D eigenvalue weighted by atomic mass is 10.1. The smallest absolute Gasteiger partial charge is 0.256 e. The van der Waals surface area contributed by atoms with Crippen LogP contribution in [0.25, 0.3) is 11.3 Å². The largest absolute Gasteiger partial charge is 0.379 e. The summed E-state index contributed by atoms with van der Waals surface area (Å²) in [5.41, 5.74) is 2.48. The minimum absolute atomic E-state index is 0.157. The van der Waals surface area contributed by atoms with Crippen molar-refractivity contribution in [1.82, 2.24) is 15.4 Å². The summed E-state index contributed by atoms with van der Waals surface area (Å²) in [4.78, 5) is 14.6. The van der Waals surface area contributed by atoms with Crippen LogP contribution < -0.4 is 5.32 Å². The average molecular weight is 315 g/mol. The average Bonchev–Trinajstić information content (AvgIpc) is 3.06. The van der Waals surface area contributed by atoms with Gasteiger partial charge >= 0.3 is 0 Å². The number of nitrogens with zero attached hydrogens (tertiary/aromatic N) is 2. The van der Waals surface area contributed by atoms with E-state index in [0.29, 0.717) is 17.9 Å². The van der Waals surface area contributed by atoms with E-state index in [1.54, 1.807) is 0 Å². The molecule has 3 rings (SSSR count). The topological polar surface area (TPSA) is 67.6 Å². The zero-order valence-corrected chi connectivity index (χ0v) is 13.2. The monoisotopic (exact) mass is 315 g/mol. The van der Waals surface area contributed by atoms with Gasteiger partial charge in [0.2, 0.25) is 0 Å². The fourth-order valence-electron chi connectivity index (χ4n) is 2.56. The van der Waals surface area contributed by atoms with Gasteiger partial charge in [-0.2, -0.15) is 0 Å². The summed E-state index contributed by atoms with van der Waals surface area (Å²) < 4.78 is 10.6. The summed E-state index contributed by atoms with van der Waals surface area (Å²) in [5.74, 6) is 0.351. The van der Waals surface area contributed by atoms with Crippen LogP contribution in [0.5, 0.6) is 0 Å². The van der Waals surface area contributed by atoms with E-state index in [9.17, 15) is 4.79 Å². The number of benzene rings is 1. The van der Waals surface area contributed by atoms with Crippen molar-refractivity contribution < 1.29 is 14.1 Å². The lowest BCUT2D eigenvalue weighted by Gasteiger charge is -2.26. The van der Waals surface area contributed by atoms with Gasteiger partial charge in [0.25, 0.3) is 5.91 Å². The molecule has 0 bridgehead atoms. The summed E-state index contributed by atoms with van der Waals surface area (Å²) >= 11 is 0. The molecule has 6 nitrogen and oxygen atoms in total. The number of nitrogens with one attached hydrogen (secondary N) is 1. The van der Waals surface area contributed by atoms with Gasteiger partial charge in [0.05, 0.1) is 19.4 Å². The van der Waals surface area contributed by atoms with Crippen LogP contribution in [-0.2, 0) is 4.74 Å². The summed E-state index contributed by atoms with van der Waals surface area (Å²) in [5, 5.41) is 6.71. The van der Waals surface area contributed by atoms with Crippen LogP contribution >= 0.6 is 0 Å². The van der Waals surface area contributed by atoms with Crippen LogP contribution in [0.3, 0.4) is 0 Å². The number of carbonyl (C=O) groups excluding carboxylic acids is 1. The van der Waals surface area contributed by atoms with Gasteiger partial charge in [0.1, 0.15) is 5.56 Å². The molecule has 0 spiro atoms. The van der Waals surface area contributed by atoms with Crippen LogP contribution in [-0.4, -0.2) is 55.4 Å². The molecule has 1 aromatic carbocycles. The Morgan fingerprint density at radius 1 is 1.26 bits per heavy atom. The number of amides is 1. The number of morpholine rings is 1. The zero-order chi connectivity index (χ0) is 16.1. The van der Waals surface area contributed by atoms with Gasteiger partial charge in [0.15, 0.2) is 5.76 Å². The lowest BCUT2D eigenvalue weighted by molar-refractivity contribution is 0.0383. The molecular formula is C17H21N3O3. The standard InChI is InChI=1S/C17H21N3O3/c1-13-2-4-14(5-3-13)16-15(12-19-23-16)17(21)18-6-7-20-8-10-22-11-9-20/h2-5,12H,6-11H2,1H3,(H,18,21). The molecule has 0 radical (unpaired) electrons. The van der Waals surface area contributed by atoms with Crippen molar-refractivity contribution in [3.63, 3.8) is 0 Å².